The molecule has 4 unspecified atom stereocenters. The molecule has 0 saturated heterocycles. The number of halogens is 1. The maximum Gasteiger partial charge on any atom is 0.0745 e. The first-order valence-corrected chi connectivity index (χ1v) is 7.44. The quantitative estimate of drug-likeness (QED) is 0.524. The first kappa shape index (κ1) is 13.4. The van der Waals surface area contributed by atoms with Crippen molar-refractivity contribution < 1.29 is 5.11 Å². The summed E-state index contributed by atoms with van der Waals surface area (Å²) in [4.78, 5) is 0.161. The van der Waals surface area contributed by atoms with Gasteiger partial charge >= 0.3 is 0 Å². The van der Waals surface area contributed by atoms with Crippen LogP contribution in [-0.2, 0) is 0 Å². The summed E-state index contributed by atoms with van der Waals surface area (Å²) in [7, 11) is 0. The van der Waals surface area contributed by atoms with Crippen LogP contribution in [0.15, 0.2) is 23.8 Å². The molecule has 2 aliphatic carbocycles. The highest BCUT2D eigenvalue weighted by molar-refractivity contribution is 9.09. The molecule has 0 heterocycles. The van der Waals surface area contributed by atoms with Crippen molar-refractivity contribution in [1.29, 1.82) is 0 Å². The predicted molar refractivity (Wildman–Crippen MR) is 76.3 cm³/mol. The Balaban J connectivity index is 2.34. The standard InChI is InChI=1S/C15H23BrO/c1-10-5-6-11(2)15(12(10)3)8-7-14(4,17)13(16)9-15/h6,10,13,17H,3,5,7-9H2,1-2,4H3. The largest absolute Gasteiger partial charge is 0.389 e. The van der Waals surface area contributed by atoms with Crippen LogP contribution in [-0.4, -0.2) is 15.5 Å². The Kier molecular flexibility index (Phi) is 3.33. The Bertz CT molecular complexity index is 369. The van der Waals surface area contributed by atoms with Gasteiger partial charge in [-0.1, -0.05) is 46.7 Å². The van der Waals surface area contributed by atoms with Crippen molar-refractivity contribution >= 4 is 15.9 Å². The molecule has 1 N–H and O–H groups in total. The van der Waals surface area contributed by atoms with Crippen LogP contribution < -0.4 is 0 Å². The molecule has 0 aromatic heterocycles. The molecule has 17 heavy (non-hydrogen) atoms. The van der Waals surface area contributed by atoms with Crippen molar-refractivity contribution in [2.24, 2.45) is 11.3 Å². The highest BCUT2D eigenvalue weighted by atomic mass is 79.9. The fraction of sp³-hybridized carbons (Fsp3) is 0.733. The van der Waals surface area contributed by atoms with E-state index in [-0.39, 0.29) is 10.2 Å². The van der Waals surface area contributed by atoms with Gasteiger partial charge in [0, 0.05) is 10.2 Å². The van der Waals surface area contributed by atoms with E-state index in [1.165, 1.54) is 11.1 Å². The van der Waals surface area contributed by atoms with E-state index in [2.05, 4.69) is 42.4 Å². The van der Waals surface area contributed by atoms with Crippen LogP contribution in [0.1, 0.15) is 46.5 Å². The van der Waals surface area contributed by atoms with Crippen molar-refractivity contribution in [3.63, 3.8) is 0 Å². The van der Waals surface area contributed by atoms with E-state index >= 15 is 0 Å². The lowest BCUT2D eigenvalue weighted by atomic mass is 9.57. The summed E-state index contributed by atoms with van der Waals surface area (Å²) in [5.41, 5.74) is 2.39. The Morgan fingerprint density at radius 3 is 2.71 bits per heavy atom. The summed E-state index contributed by atoms with van der Waals surface area (Å²) in [6.45, 7) is 10.8. The van der Waals surface area contributed by atoms with E-state index in [0.717, 1.165) is 25.7 Å². The van der Waals surface area contributed by atoms with Gasteiger partial charge in [0.25, 0.3) is 0 Å². The van der Waals surface area contributed by atoms with E-state index in [0.29, 0.717) is 5.92 Å². The Hall–Kier alpha value is -0.0800. The van der Waals surface area contributed by atoms with E-state index in [1.54, 1.807) is 0 Å². The van der Waals surface area contributed by atoms with Crippen LogP contribution in [0.4, 0.5) is 0 Å². The molecule has 1 nitrogen and oxygen atoms in total. The molecular weight excluding hydrogens is 276 g/mol. The third-order valence-electron chi connectivity index (χ3n) is 5.00. The Morgan fingerprint density at radius 1 is 1.47 bits per heavy atom. The number of aliphatic hydroxyl groups is 1. The molecule has 1 fully saturated rings. The Morgan fingerprint density at radius 2 is 2.12 bits per heavy atom. The van der Waals surface area contributed by atoms with Gasteiger partial charge in [0.1, 0.15) is 0 Å². The minimum atomic E-state index is -0.577. The third-order valence-corrected chi connectivity index (χ3v) is 6.31. The molecule has 0 bridgehead atoms. The van der Waals surface area contributed by atoms with E-state index < -0.39 is 5.60 Å². The normalized spacial score (nSPS) is 47.1. The van der Waals surface area contributed by atoms with Crippen molar-refractivity contribution in [3.8, 4) is 0 Å². The summed E-state index contributed by atoms with van der Waals surface area (Å²) >= 11 is 3.68. The third kappa shape index (κ3) is 2.04. The number of hydrogen-bond donors (Lipinski definition) is 1. The van der Waals surface area contributed by atoms with Crippen molar-refractivity contribution in [2.75, 3.05) is 0 Å². The molecule has 0 aromatic carbocycles. The summed E-state index contributed by atoms with van der Waals surface area (Å²) < 4.78 is 0. The molecule has 1 spiro atoms. The fourth-order valence-corrected chi connectivity index (χ4v) is 4.10. The first-order chi connectivity index (χ1) is 7.79. The molecular formula is C15H23BrO. The predicted octanol–water partition coefficient (Wildman–Crippen LogP) is 4.21. The zero-order valence-corrected chi connectivity index (χ0v) is 12.7. The maximum absolute atomic E-state index is 10.3. The van der Waals surface area contributed by atoms with Crippen molar-refractivity contribution in [1.82, 2.24) is 0 Å². The topological polar surface area (TPSA) is 20.2 Å². The lowest BCUT2D eigenvalue weighted by Gasteiger charge is -2.50. The van der Waals surface area contributed by atoms with E-state index in [1.807, 2.05) is 6.92 Å². The van der Waals surface area contributed by atoms with Crippen LogP contribution in [0.25, 0.3) is 0 Å². The minimum absolute atomic E-state index is 0.133. The van der Waals surface area contributed by atoms with Gasteiger partial charge in [-0.3, -0.25) is 0 Å². The SMILES string of the molecule is C=C1C(C)CC=C(C)C12CCC(C)(O)C(Br)C2. The zero-order valence-electron chi connectivity index (χ0n) is 11.1. The van der Waals surface area contributed by atoms with Gasteiger partial charge in [-0.2, -0.15) is 0 Å². The molecule has 0 amide bonds. The zero-order chi connectivity index (χ0) is 12.8. The van der Waals surface area contributed by atoms with Crippen LogP contribution >= 0.6 is 15.9 Å². The van der Waals surface area contributed by atoms with Crippen molar-refractivity contribution in [2.45, 2.75) is 56.9 Å². The van der Waals surface area contributed by atoms with Gasteiger partial charge in [0.05, 0.1) is 5.60 Å². The molecule has 2 aliphatic rings. The second-order valence-corrected chi connectivity index (χ2v) is 7.27. The molecule has 96 valence electrons. The van der Waals surface area contributed by atoms with E-state index in [4.69, 9.17) is 0 Å². The molecule has 0 aliphatic heterocycles. The monoisotopic (exact) mass is 298 g/mol. The van der Waals surface area contributed by atoms with Gasteiger partial charge in [-0.15, -0.1) is 0 Å². The number of allylic oxidation sites excluding steroid dienone is 3. The number of alkyl halides is 1. The first-order valence-electron chi connectivity index (χ1n) is 6.52. The molecule has 0 radical (unpaired) electrons. The van der Waals surface area contributed by atoms with Gasteiger partial charge in [-0.25, -0.2) is 0 Å². The second kappa shape index (κ2) is 4.24. The number of hydrogen-bond acceptors (Lipinski definition) is 1. The van der Waals surface area contributed by atoms with Gasteiger partial charge < -0.3 is 5.11 Å². The highest BCUT2D eigenvalue weighted by Gasteiger charge is 2.48. The lowest BCUT2D eigenvalue weighted by molar-refractivity contribution is 0.00466. The summed E-state index contributed by atoms with van der Waals surface area (Å²) in [6.07, 6.45) is 6.35. The molecule has 4 atom stereocenters. The summed E-state index contributed by atoms with van der Waals surface area (Å²) in [6, 6.07) is 0. The molecule has 0 aromatic rings. The van der Waals surface area contributed by atoms with Gasteiger partial charge in [0.2, 0.25) is 0 Å². The molecule has 2 rings (SSSR count). The van der Waals surface area contributed by atoms with Gasteiger partial charge in [-0.05, 0) is 45.4 Å². The molecule has 1 saturated carbocycles. The minimum Gasteiger partial charge on any atom is -0.389 e. The lowest BCUT2D eigenvalue weighted by Crippen LogP contribution is -2.47. The van der Waals surface area contributed by atoms with Crippen LogP contribution in [0.5, 0.6) is 0 Å². The average Bonchev–Trinajstić information content (AvgIpc) is 2.26. The van der Waals surface area contributed by atoms with E-state index in [9.17, 15) is 5.11 Å². The summed E-state index contributed by atoms with van der Waals surface area (Å²) in [5.74, 6) is 0.571. The van der Waals surface area contributed by atoms with Crippen LogP contribution in [0, 0.1) is 11.3 Å². The van der Waals surface area contributed by atoms with Crippen LogP contribution in [0.2, 0.25) is 0 Å². The maximum atomic E-state index is 10.3. The van der Waals surface area contributed by atoms with Crippen LogP contribution in [0.3, 0.4) is 0 Å². The fourth-order valence-electron chi connectivity index (χ4n) is 3.32. The molecule has 2 heteroatoms. The Labute approximate surface area is 113 Å². The smallest absolute Gasteiger partial charge is 0.0745 e. The average molecular weight is 299 g/mol. The number of rotatable bonds is 0. The second-order valence-electron chi connectivity index (χ2n) is 6.16. The summed E-state index contributed by atoms with van der Waals surface area (Å²) in [5, 5.41) is 10.3. The van der Waals surface area contributed by atoms with Gasteiger partial charge in [0.15, 0.2) is 0 Å². The highest BCUT2D eigenvalue weighted by Crippen LogP contribution is 2.55. The van der Waals surface area contributed by atoms with Crippen molar-refractivity contribution in [3.05, 3.63) is 23.8 Å².